The molecule has 0 fully saturated rings. The van der Waals surface area contributed by atoms with Gasteiger partial charge in [0.1, 0.15) is 0 Å². The molecule has 3 N–H and O–H groups in total. The normalized spacial score (nSPS) is 10.8. The highest BCUT2D eigenvalue weighted by atomic mass is 35.5. The molecule has 0 saturated heterocycles. The van der Waals surface area contributed by atoms with Crippen molar-refractivity contribution in [3.05, 3.63) is 21.5 Å². The molecule has 0 radical (unpaired) electrons. The van der Waals surface area contributed by atoms with Crippen LogP contribution < -0.4 is 11.1 Å². The molecule has 1 heterocycles. The number of nitrogens with two attached hydrogens (primary N) is 1. The zero-order chi connectivity index (χ0) is 10.4. The molecular formula is C5H6ClN7S. The van der Waals surface area contributed by atoms with E-state index in [9.17, 15) is 0 Å². The standard InChI is InChI=1S/C5H6ClN7S/c6-1-3-2-14-5(9-3)10-4(7)11-13-12-8/h2H,1H2,(H3,7,9,10,11). The van der Waals surface area contributed by atoms with Crippen LogP contribution in [0, 0.1) is 0 Å². The molecule has 0 aliphatic heterocycles. The zero-order valence-corrected chi connectivity index (χ0v) is 8.46. The molecule has 0 unspecified atom stereocenters. The van der Waals surface area contributed by atoms with Gasteiger partial charge >= 0.3 is 5.96 Å². The highest BCUT2D eigenvalue weighted by Gasteiger charge is 2.03. The summed E-state index contributed by atoms with van der Waals surface area (Å²) in [5.74, 6) is 0.323. The summed E-state index contributed by atoms with van der Waals surface area (Å²) in [5, 5.41) is 11.2. The van der Waals surface area contributed by atoms with Gasteiger partial charge in [-0.3, -0.25) is 5.32 Å². The first kappa shape index (κ1) is 10.6. The second kappa shape index (κ2) is 5.28. The molecule has 0 aromatic carbocycles. The third-order valence-corrected chi connectivity index (χ3v) is 2.20. The molecule has 0 saturated carbocycles. The SMILES string of the molecule is [N-]=[N+]=NN=C(N)Nc1nc(CCl)cs1. The molecule has 0 aliphatic rings. The number of thiazole rings is 1. The van der Waals surface area contributed by atoms with Gasteiger partial charge in [-0.15, -0.1) is 28.5 Å². The fraction of sp³-hybridized carbons (Fsp3) is 0.200. The molecule has 14 heavy (non-hydrogen) atoms. The largest absolute Gasteiger partial charge is 0.348 e. The average Bonchev–Trinajstić information content (AvgIpc) is 2.62. The third-order valence-electron chi connectivity index (χ3n) is 1.12. The van der Waals surface area contributed by atoms with Gasteiger partial charge in [-0.25, -0.2) is 4.98 Å². The van der Waals surface area contributed by atoms with E-state index in [4.69, 9.17) is 22.9 Å². The summed E-state index contributed by atoms with van der Waals surface area (Å²) >= 11 is 6.88. The Bertz CT molecular complexity index is 379. The van der Waals surface area contributed by atoms with Gasteiger partial charge in [-0.1, -0.05) is 0 Å². The summed E-state index contributed by atoms with van der Waals surface area (Å²) in [5.41, 5.74) is 14.1. The van der Waals surface area contributed by atoms with Crippen molar-refractivity contribution in [2.24, 2.45) is 16.1 Å². The Labute approximate surface area is 88.2 Å². The Morgan fingerprint density at radius 2 is 2.64 bits per heavy atom. The van der Waals surface area contributed by atoms with E-state index in [0.29, 0.717) is 11.0 Å². The van der Waals surface area contributed by atoms with Crippen LogP contribution in [0.2, 0.25) is 0 Å². The minimum Gasteiger partial charge on any atom is -0.348 e. The first-order chi connectivity index (χ1) is 6.76. The molecule has 74 valence electrons. The number of azide groups is 1. The summed E-state index contributed by atoms with van der Waals surface area (Å²) < 4.78 is 0. The van der Waals surface area contributed by atoms with Crippen molar-refractivity contribution in [2.45, 2.75) is 5.88 Å². The number of hydrogen-bond donors (Lipinski definition) is 2. The smallest absolute Gasteiger partial charge is 0.320 e. The summed E-state index contributed by atoms with van der Waals surface area (Å²) in [4.78, 5) is 6.47. The van der Waals surface area contributed by atoms with Gasteiger partial charge in [0, 0.05) is 15.7 Å². The summed E-state index contributed by atoms with van der Waals surface area (Å²) in [7, 11) is 0. The van der Waals surface area contributed by atoms with Crippen LogP contribution in [0.25, 0.3) is 10.4 Å². The van der Waals surface area contributed by atoms with Crippen LogP contribution in [0.5, 0.6) is 0 Å². The molecular weight excluding hydrogens is 226 g/mol. The van der Waals surface area contributed by atoms with Crippen LogP contribution in [0.4, 0.5) is 5.13 Å². The Kier molecular flexibility index (Phi) is 3.99. The topological polar surface area (TPSA) is 112 Å². The lowest BCUT2D eigenvalue weighted by atomic mass is 10.6. The summed E-state index contributed by atoms with van der Waals surface area (Å²) in [6.45, 7) is 0. The molecule has 0 aliphatic carbocycles. The highest BCUT2D eigenvalue weighted by molar-refractivity contribution is 7.13. The molecule has 0 spiro atoms. The van der Waals surface area contributed by atoms with Crippen LogP contribution in [-0.4, -0.2) is 10.9 Å². The van der Waals surface area contributed by atoms with Gasteiger partial charge in [-0.2, -0.15) is 4.91 Å². The van der Waals surface area contributed by atoms with Crippen molar-refractivity contribution in [3.8, 4) is 0 Å². The number of hydrogen-bond acceptors (Lipinski definition) is 3. The zero-order valence-electron chi connectivity index (χ0n) is 6.88. The van der Waals surface area contributed by atoms with E-state index in [0.717, 1.165) is 5.69 Å². The fourth-order valence-corrected chi connectivity index (χ4v) is 1.57. The van der Waals surface area contributed by atoms with Gasteiger partial charge in [0.15, 0.2) is 5.13 Å². The predicted octanol–water partition coefficient (Wildman–Crippen LogP) is 1.83. The van der Waals surface area contributed by atoms with Gasteiger partial charge < -0.3 is 5.73 Å². The Morgan fingerprint density at radius 1 is 1.86 bits per heavy atom. The van der Waals surface area contributed by atoms with Gasteiger partial charge in [0.25, 0.3) is 0 Å². The monoisotopic (exact) mass is 231 g/mol. The van der Waals surface area contributed by atoms with E-state index < -0.39 is 0 Å². The summed E-state index contributed by atoms with van der Waals surface area (Å²) in [6.07, 6.45) is 0. The number of nitrogens with one attached hydrogen (secondary N) is 1. The van der Waals surface area contributed by atoms with E-state index in [1.54, 1.807) is 5.38 Å². The lowest BCUT2D eigenvalue weighted by Crippen LogP contribution is -2.21. The Hall–Kier alpha value is -1.50. The molecule has 1 rings (SSSR count). The van der Waals surface area contributed by atoms with E-state index in [-0.39, 0.29) is 5.96 Å². The fourth-order valence-electron chi connectivity index (χ4n) is 0.629. The Morgan fingerprint density at radius 3 is 3.21 bits per heavy atom. The number of halogens is 1. The maximum Gasteiger partial charge on any atom is 0.320 e. The van der Waals surface area contributed by atoms with Crippen LogP contribution in [-0.2, 0) is 5.88 Å². The first-order valence-electron chi connectivity index (χ1n) is 3.41. The van der Waals surface area contributed by atoms with Crippen molar-refractivity contribution < 1.29 is 0 Å². The van der Waals surface area contributed by atoms with Crippen molar-refractivity contribution in [1.29, 1.82) is 0 Å². The second-order valence-electron chi connectivity index (χ2n) is 2.07. The van der Waals surface area contributed by atoms with Crippen LogP contribution >= 0.6 is 22.9 Å². The number of guanidine groups is 1. The van der Waals surface area contributed by atoms with Gasteiger partial charge in [0.05, 0.1) is 11.6 Å². The minimum absolute atomic E-state index is 0.0155. The lowest BCUT2D eigenvalue weighted by molar-refractivity contribution is 1.17. The maximum absolute atomic E-state index is 7.96. The number of anilines is 1. The minimum atomic E-state index is -0.0155. The number of alkyl halides is 1. The van der Waals surface area contributed by atoms with Gasteiger partial charge in [-0.05, 0) is 0 Å². The van der Waals surface area contributed by atoms with Crippen LogP contribution in [0.15, 0.2) is 15.7 Å². The molecule has 0 atom stereocenters. The van der Waals surface area contributed by atoms with Crippen molar-refractivity contribution in [2.75, 3.05) is 5.32 Å². The van der Waals surface area contributed by atoms with Crippen molar-refractivity contribution in [3.63, 3.8) is 0 Å². The molecule has 1 aromatic heterocycles. The second-order valence-corrected chi connectivity index (χ2v) is 3.19. The van der Waals surface area contributed by atoms with Crippen LogP contribution in [0.1, 0.15) is 5.69 Å². The van der Waals surface area contributed by atoms with Crippen molar-refractivity contribution >= 4 is 34.0 Å². The average molecular weight is 232 g/mol. The first-order valence-corrected chi connectivity index (χ1v) is 4.82. The molecule has 1 aromatic rings. The lowest BCUT2D eigenvalue weighted by Gasteiger charge is -1.93. The molecule has 0 amide bonds. The predicted molar refractivity (Wildman–Crippen MR) is 56.1 cm³/mol. The van der Waals surface area contributed by atoms with E-state index in [1.807, 2.05) is 0 Å². The maximum atomic E-state index is 7.96. The summed E-state index contributed by atoms with van der Waals surface area (Å²) in [6, 6.07) is 0. The molecule has 0 bridgehead atoms. The van der Waals surface area contributed by atoms with Crippen molar-refractivity contribution in [1.82, 2.24) is 4.98 Å². The van der Waals surface area contributed by atoms with Gasteiger partial charge in [0.2, 0.25) is 0 Å². The van der Waals surface area contributed by atoms with E-state index in [2.05, 4.69) is 25.5 Å². The van der Waals surface area contributed by atoms with E-state index >= 15 is 0 Å². The third kappa shape index (κ3) is 3.09. The molecule has 7 nitrogen and oxygen atoms in total. The number of rotatable bonds is 3. The quantitative estimate of drug-likeness (QED) is 0.157. The number of nitrogens with zero attached hydrogens (tertiary/aromatic N) is 5. The molecule has 9 heteroatoms. The highest BCUT2D eigenvalue weighted by Crippen LogP contribution is 2.15. The van der Waals surface area contributed by atoms with Crippen LogP contribution in [0.3, 0.4) is 0 Å². The Balaban J connectivity index is 2.64. The number of aromatic nitrogens is 1. The van der Waals surface area contributed by atoms with E-state index in [1.165, 1.54) is 11.3 Å².